The van der Waals surface area contributed by atoms with Gasteiger partial charge in [-0.2, -0.15) is 0 Å². The number of β-amino-alcohol motifs (C(OH)–C–C–N with tert-alkyl or cyclic N) is 1. The van der Waals surface area contributed by atoms with Crippen molar-refractivity contribution in [3.63, 3.8) is 0 Å². The zero-order valence-electron chi connectivity index (χ0n) is 33.7. The van der Waals surface area contributed by atoms with Crippen LogP contribution in [-0.4, -0.2) is 99.5 Å². The molecule has 0 aliphatic carbocycles. The zero-order chi connectivity index (χ0) is 35.1. The van der Waals surface area contributed by atoms with Crippen molar-refractivity contribution in [1.29, 1.82) is 0 Å². The van der Waals surface area contributed by atoms with Crippen LogP contribution in [0.1, 0.15) is 194 Å². The highest BCUT2D eigenvalue weighted by atomic mass is 16.3. The fourth-order valence-electron chi connectivity index (χ4n) is 7.51. The number of hydrogen-bond donors (Lipinski definition) is 4. The topological polar surface area (TPSA) is 62.8 Å². The number of unbranched alkanes of at least 4 members (excludes halogenated alkanes) is 26. The Morgan fingerprint density at radius 3 is 1.04 bits per heavy atom. The zero-order valence-corrected chi connectivity index (χ0v) is 33.7. The van der Waals surface area contributed by atoms with Crippen LogP contribution < -0.4 is 16.0 Å². The van der Waals surface area contributed by atoms with Crippen molar-refractivity contribution >= 4 is 0 Å². The first-order valence-electron chi connectivity index (χ1n) is 22.5. The number of rotatable bonds is 34. The molecule has 49 heavy (non-hydrogen) atoms. The summed E-state index contributed by atoms with van der Waals surface area (Å²) < 4.78 is 0. The highest BCUT2D eigenvalue weighted by Crippen LogP contribution is 2.15. The van der Waals surface area contributed by atoms with Crippen LogP contribution in [0.25, 0.3) is 0 Å². The van der Waals surface area contributed by atoms with Gasteiger partial charge in [0.15, 0.2) is 0 Å². The maximum Gasteiger partial charge on any atom is 0.0793 e. The van der Waals surface area contributed by atoms with Crippen LogP contribution in [-0.2, 0) is 0 Å². The van der Waals surface area contributed by atoms with E-state index < -0.39 is 0 Å². The lowest BCUT2D eigenvalue weighted by molar-refractivity contribution is 0.0725. The molecule has 1 aliphatic heterocycles. The van der Waals surface area contributed by atoms with E-state index in [0.29, 0.717) is 0 Å². The minimum Gasteiger partial charge on any atom is -0.390 e. The number of nitrogens with zero attached hydrogens (tertiary/aromatic N) is 2. The maximum atomic E-state index is 11.3. The van der Waals surface area contributed by atoms with E-state index in [0.717, 1.165) is 78.5 Å². The summed E-state index contributed by atoms with van der Waals surface area (Å²) in [6.07, 6.45) is 39.2. The van der Waals surface area contributed by atoms with E-state index >= 15 is 0 Å². The van der Waals surface area contributed by atoms with Gasteiger partial charge < -0.3 is 26.0 Å². The van der Waals surface area contributed by atoms with Crippen molar-refractivity contribution in [3.8, 4) is 0 Å². The Hall–Kier alpha value is -0.240. The first kappa shape index (κ1) is 46.8. The molecule has 1 rings (SSSR count). The van der Waals surface area contributed by atoms with E-state index in [1.165, 1.54) is 180 Å². The first-order chi connectivity index (χ1) is 24.3. The minimum atomic E-state index is -0.270. The number of aliphatic hydroxyl groups is 1. The van der Waals surface area contributed by atoms with Gasteiger partial charge in [0, 0.05) is 65.4 Å². The SMILES string of the molecule is CCCCCCCCCCCCCCCCN(CCCCCCCCCCCCCCCC)CC(O)CN1CCNCCNCCNCC1. The molecule has 1 unspecified atom stereocenters. The summed E-state index contributed by atoms with van der Waals surface area (Å²) >= 11 is 0. The largest absolute Gasteiger partial charge is 0.390 e. The lowest BCUT2D eigenvalue weighted by Crippen LogP contribution is -2.46. The van der Waals surface area contributed by atoms with E-state index in [2.05, 4.69) is 39.6 Å². The van der Waals surface area contributed by atoms with E-state index in [-0.39, 0.29) is 6.10 Å². The fraction of sp³-hybridized carbons (Fsp3) is 1.00. The summed E-state index contributed by atoms with van der Waals surface area (Å²) in [4.78, 5) is 5.08. The molecule has 0 amide bonds. The molecule has 1 heterocycles. The van der Waals surface area contributed by atoms with E-state index in [1.54, 1.807) is 0 Å². The van der Waals surface area contributed by atoms with Crippen LogP contribution in [0.15, 0.2) is 0 Å². The third-order valence-electron chi connectivity index (χ3n) is 10.8. The van der Waals surface area contributed by atoms with E-state index in [4.69, 9.17) is 0 Å². The number of nitrogens with one attached hydrogen (secondary N) is 3. The molecule has 1 saturated heterocycles. The van der Waals surface area contributed by atoms with E-state index in [9.17, 15) is 5.11 Å². The molecule has 4 N–H and O–H groups in total. The summed E-state index contributed by atoms with van der Waals surface area (Å²) in [7, 11) is 0. The van der Waals surface area contributed by atoms with Crippen LogP contribution in [0.3, 0.4) is 0 Å². The average molecular weight is 694 g/mol. The standard InChI is InChI=1S/C43H91N5O/c1-3-5-7-9-11-13-15-17-19-21-23-25-27-29-37-47(38-30-28-26-24-22-20-18-16-14-12-10-8-6-4-2)41-43(49)42-48-39-35-45-33-31-44-32-34-46-36-40-48/h43-46,49H,3-42H2,1-2H3. The second-order valence-electron chi connectivity index (χ2n) is 15.7. The molecule has 6 heteroatoms. The Labute approximate surface area is 308 Å². The molecule has 0 bridgehead atoms. The summed E-state index contributed by atoms with van der Waals surface area (Å²) in [5.74, 6) is 0. The third kappa shape index (κ3) is 34.6. The molecule has 294 valence electrons. The van der Waals surface area contributed by atoms with E-state index in [1.807, 2.05) is 0 Å². The van der Waals surface area contributed by atoms with Gasteiger partial charge in [-0.1, -0.05) is 181 Å². The van der Waals surface area contributed by atoms with Crippen molar-refractivity contribution in [3.05, 3.63) is 0 Å². The second-order valence-corrected chi connectivity index (χ2v) is 15.7. The van der Waals surface area contributed by atoms with Crippen molar-refractivity contribution < 1.29 is 5.11 Å². The van der Waals surface area contributed by atoms with Gasteiger partial charge >= 0.3 is 0 Å². The molecular weight excluding hydrogens is 603 g/mol. The maximum absolute atomic E-state index is 11.3. The lowest BCUT2D eigenvalue weighted by atomic mass is 10.0. The Bertz CT molecular complexity index is 579. The predicted octanol–water partition coefficient (Wildman–Crippen LogP) is 9.70. The lowest BCUT2D eigenvalue weighted by Gasteiger charge is -2.30. The Balaban J connectivity index is 2.28. The Morgan fingerprint density at radius 2 is 0.714 bits per heavy atom. The van der Waals surface area contributed by atoms with Crippen LogP contribution in [0, 0.1) is 0 Å². The molecule has 0 saturated carbocycles. The summed E-state index contributed by atoms with van der Waals surface area (Å²) in [5, 5.41) is 21.9. The van der Waals surface area contributed by atoms with Gasteiger partial charge in [-0.15, -0.1) is 0 Å². The normalized spacial score (nSPS) is 16.2. The molecule has 1 atom stereocenters. The average Bonchev–Trinajstić information content (AvgIpc) is 3.09. The Kier molecular flexibility index (Phi) is 37.2. The molecule has 0 aromatic heterocycles. The molecule has 0 aromatic rings. The minimum absolute atomic E-state index is 0.270. The Morgan fingerprint density at radius 1 is 0.429 bits per heavy atom. The van der Waals surface area contributed by atoms with Crippen LogP contribution in [0.4, 0.5) is 0 Å². The van der Waals surface area contributed by atoms with Gasteiger partial charge in [0.25, 0.3) is 0 Å². The van der Waals surface area contributed by atoms with Crippen molar-refractivity contribution in [2.24, 2.45) is 0 Å². The molecular formula is C43H91N5O. The first-order valence-corrected chi connectivity index (χ1v) is 22.5. The molecule has 1 fully saturated rings. The number of hydrogen-bond acceptors (Lipinski definition) is 6. The van der Waals surface area contributed by atoms with Crippen molar-refractivity contribution in [1.82, 2.24) is 25.8 Å². The molecule has 0 radical (unpaired) electrons. The summed E-state index contributed by atoms with van der Waals surface area (Å²) in [6, 6.07) is 0. The highest BCUT2D eigenvalue weighted by Gasteiger charge is 2.16. The summed E-state index contributed by atoms with van der Waals surface area (Å²) in [5.41, 5.74) is 0. The van der Waals surface area contributed by atoms with Gasteiger partial charge in [0.05, 0.1) is 6.10 Å². The van der Waals surface area contributed by atoms with Gasteiger partial charge in [-0.05, 0) is 25.9 Å². The van der Waals surface area contributed by atoms with Crippen molar-refractivity contribution in [2.45, 2.75) is 200 Å². The van der Waals surface area contributed by atoms with Crippen LogP contribution >= 0.6 is 0 Å². The third-order valence-corrected chi connectivity index (χ3v) is 10.8. The quantitative estimate of drug-likeness (QED) is 0.0504. The summed E-state index contributed by atoms with van der Waals surface area (Å²) in [6.45, 7) is 16.6. The highest BCUT2D eigenvalue weighted by molar-refractivity contribution is 4.73. The van der Waals surface area contributed by atoms with Gasteiger partial charge in [-0.25, -0.2) is 0 Å². The van der Waals surface area contributed by atoms with Gasteiger partial charge in [0.1, 0.15) is 0 Å². The molecule has 0 aromatic carbocycles. The predicted molar refractivity (Wildman–Crippen MR) is 218 cm³/mol. The molecule has 0 spiro atoms. The smallest absolute Gasteiger partial charge is 0.0793 e. The number of aliphatic hydroxyl groups excluding tert-OH is 1. The second kappa shape index (κ2) is 39.0. The van der Waals surface area contributed by atoms with Gasteiger partial charge in [0.2, 0.25) is 0 Å². The van der Waals surface area contributed by atoms with Crippen molar-refractivity contribution in [2.75, 3.05) is 78.5 Å². The van der Waals surface area contributed by atoms with Gasteiger partial charge in [-0.3, -0.25) is 4.90 Å². The molecule has 6 nitrogen and oxygen atoms in total. The monoisotopic (exact) mass is 694 g/mol. The van der Waals surface area contributed by atoms with Crippen LogP contribution in [0.5, 0.6) is 0 Å². The van der Waals surface area contributed by atoms with Crippen LogP contribution in [0.2, 0.25) is 0 Å². The molecule has 1 aliphatic rings. The fourth-order valence-corrected chi connectivity index (χ4v) is 7.51.